The number of rotatable bonds is 0. The molecule has 0 bridgehead atoms. The molecular formula is CoO8P2W-4. The monoisotopic (exact) mass is 433 g/mol. The summed E-state index contributed by atoms with van der Waals surface area (Å²) in [5.74, 6) is 0. The third kappa shape index (κ3) is 619. The van der Waals surface area contributed by atoms with Gasteiger partial charge in [-0.2, -0.15) is 15.6 Å². The summed E-state index contributed by atoms with van der Waals surface area (Å²) in [6.07, 6.45) is 0. The molecule has 0 fully saturated rings. The van der Waals surface area contributed by atoms with Gasteiger partial charge in [-0.1, -0.05) is 0 Å². The van der Waals surface area contributed by atoms with Crippen molar-refractivity contribution < 1.29 is 76.3 Å². The van der Waals surface area contributed by atoms with Crippen molar-refractivity contribution in [2.45, 2.75) is 0 Å². The van der Waals surface area contributed by atoms with E-state index in [1.807, 2.05) is 0 Å². The average molecular weight is 433 g/mol. The molecule has 0 aromatic heterocycles. The summed E-state index contributed by atoms with van der Waals surface area (Å²) in [7, 11) is -10.8. The van der Waals surface area contributed by atoms with Crippen LogP contribution in [0.2, 0.25) is 0 Å². The summed E-state index contributed by atoms with van der Waals surface area (Å²) in [6, 6.07) is 0. The first kappa shape index (κ1) is 23.3. The van der Waals surface area contributed by atoms with E-state index in [2.05, 4.69) is 0 Å². The van der Waals surface area contributed by atoms with Crippen molar-refractivity contribution in [2.24, 2.45) is 0 Å². The molecule has 0 aliphatic heterocycles. The first-order chi connectivity index (χ1) is 4.00. The fourth-order valence-corrected chi connectivity index (χ4v) is 0. The minimum atomic E-state index is -5.39. The van der Waals surface area contributed by atoms with Gasteiger partial charge in [-0.3, -0.25) is 0 Å². The molecule has 1 radical (unpaired) electrons. The van der Waals surface area contributed by atoms with Gasteiger partial charge in [0.15, 0.2) is 0 Å². The fraction of sp³-hybridized carbons (Fsp3) is 0. The van der Waals surface area contributed by atoms with Crippen molar-refractivity contribution >= 4 is 15.6 Å². The summed E-state index contributed by atoms with van der Waals surface area (Å²) < 4.78 is 17.1. The molecule has 0 unspecified atom stereocenters. The van der Waals surface area contributed by atoms with E-state index in [1.54, 1.807) is 0 Å². The van der Waals surface area contributed by atoms with E-state index in [0.29, 0.717) is 0 Å². The van der Waals surface area contributed by atoms with E-state index in [1.165, 1.54) is 0 Å². The van der Waals surface area contributed by atoms with Crippen molar-refractivity contribution in [3.63, 3.8) is 0 Å². The van der Waals surface area contributed by atoms with Crippen LogP contribution in [0.4, 0.5) is 0 Å². The van der Waals surface area contributed by atoms with Crippen molar-refractivity contribution in [1.82, 2.24) is 0 Å². The molecule has 0 saturated carbocycles. The molecule has 0 spiro atoms. The van der Waals surface area contributed by atoms with Gasteiger partial charge in [-0.15, -0.1) is 0 Å². The van der Waals surface area contributed by atoms with Gasteiger partial charge in [-0.25, -0.2) is 0 Å². The molecule has 77 valence electrons. The smallest absolute Gasteiger partial charge is 0.822 e. The summed E-state index contributed by atoms with van der Waals surface area (Å²) in [4.78, 5) is 51.3. The molecule has 0 aromatic rings. The van der Waals surface area contributed by atoms with Gasteiger partial charge in [0.2, 0.25) is 0 Å². The van der Waals surface area contributed by atoms with Gasteiger partial charge in [0.05, 0.1) is 0 Å². The molecule has 0 saturated heterocycles. The van der Waals surface area contributed by atoms with E-state index >= 15 is 0 Å². The largest absolute Gasteiger partial charge is 2.00 e. The Labute approximate surface area is 92.0 Å². The Balaban J connectivity index is -0.0000000457. The zero-order chi connectivity index (χ0) is 9.00. The van der Waals surface area contributed by atoms with Crippen LogP contribution in [0.3, 0.4) is 0 Å². The van der Waals surface area contributed by atoms with Crippen molar-refractivity contribution in [3.8, 4) is 0 Å². The molecule has 0 aliphatic rings. The predicted octanol–water partition coefficient (Wildman–Crippen LogP) is -5.65. The fourth-order valence-electron chi connectivity index (χ4n) is 0. The van der Waals surface area contributed by atoms with Crippen LogP contribution in [0.1, 0.15) is 0 Å². The quantitative estimate of drug-likeness (QED) is 0.340. The topological polar surface area (TPSA) is 172 Å². The molecule has 0 amide bonds. The molecule has 0 rings (SSSR count). The average Bonchev–Trinajstić information content (AvgIpc) is 1.12. The predicted molar refractivity (Wildman–Crippen MR) is 15.2 cm³/mol. The summed E-state index contributed by atoms with van der Waals surface area (Å²) in [5, 5.41) is 0. The maximum Gasteiger partial charge on any atom is 2.00 e. The standard InChI is InChI=1S/Co.2H3O4P.W/c;2*1-5(2,3)4;/h;2*(H3,1,2,3,4);/q+2;;;/p-6. The number of phosphoric acid groups is 2. The van der Waals surface area contributed by atoms with E-state index in [9.17, 15) is 0 Å². The zero-order valence-electron chi connectivity index (χ0n) is 4.90. The van der Waals surface area contributed by atoms with Gasteiger partial charge in [0, 0.05) is 21.1 Å². The minimum Gasteiger partial charge on any atom is -0.822 e. The van der Waals surface area contributed by atoms with Crippen LogP contribution in [-0.2, 0) is 47.0 Å². The maximum absolute atomic E-state index is 8.55. The molecule has 0 aliphatic carbocycles. The first-order valence-electron chi connectivity index (χ1n) is 1.46. The molecule has 0 aromatic carbocycles. The van der Waals surface area contributed by atoms with Crippen LogP contribution in [-0.4, -0.2) is 0 Å². The van der Waals surface area contributed by atoms with Crippen LogP contribution in [0, 0.1) is 0 Å². The third-order valence-electron chi connectivity index (χ3n) is 0. The second kappa shape index (κ2) is 8.99. The summed E-state index contributed by atoms with van der Waals surface area (Å²) >= 11 is 0. The van der Waals surface area contributed by atoms with Gasteiger partial charge in [0.25, 0.3) is 0 Å². The Kier molecular flexibility index (Phi) is 17.5. The van der Waals surface area contributed by atoms with E-state index in [0.717, 1.165) is 0 Å². The van der Waals surface area contributed by atoms with E-state index in [4.69, 9.17) is 38.5 Å². The second-order valence-electron chi connectivity index (χ2n) is 0.894. The second-order valence-corrected chi connectivity index (χ2v) is 2.68. The molecule has 0 heterocycles. The van der Waals surface area contributed by atoms with Crippen LogP contribution in [0.5, 0.6) is 0 Å². The molecule has 8 nitrogen and oxygen atoms in total. The van der Waals surface area contributed by atoms with Gasteiger partial charge in [0.1, 0.15) is 0 Å². The molecule has 12 heteroatoms. The number of hydrogen-bond donors (Lipinski definition) is 0. The SMILES string of the molecule is O=P([O-])([O-])[O-].O=P([O-])([O-])[O-].[Co+2].[W]. The van der Waals surface area contributed by atoms with E-state index < -0.39 is 15.6 Å². The van der Waals surface area contributed by atoms with Crippen molar-refractivity contribution in [3.05, 3.63) is 0 Å². The van der Waals surface area contributed by atoms with Crippen LogP contribution < -0.4 is 29.4 Å². The van der Waals surface area contributed by atoms with Gasteiger partial charge < -0.3 is 38.5 Å². The molecular weight excluding hydrogens is 433 g/mol. The Morgan fingerprint density at radius 3 is 0.667 bits per heavy atom. The normalized spacial score (nSPS) is 9.83. The number of hydrogen-bond acceptors (Lipinski definition) is 8. The van der Waals surface area contributed by atoms with Crippen LogP contribution >= 0.6 is 15.6 Å². The molecule has 0 atom stereocenters. The minimum absolute atomic E-state index is 0. The zero-order valence-corrected chi connectivity index (χ0v) is 10.7. The van der Waals surface area contributed by atoms with Gasteiger partial charge >= 0.3 is 16.8 Å². The van der Waals surface area contributed by atoms with Crippen molar-refractivity contribution in [1.29, 1.82) is 0 Å². The van der Waals surface area contributed by atoms with Crippen LogP contribution in [0.15, 0.2) is 0 Å². The van der Waals surface area contributed by atoms with Gasteiger partial charge in [-0.05, 0) is 0 Å². The maximum atomic E-state index is 8.55. The van der Waals surface area contributed by atoms with Crippen molar-refractivity contribution in [2.75, 3.05) is 0 Å². The Bertz CT molecular complexity index is 129. The van der Waals surface area contributed by atoms with Crippen LogP contribution in [0.25, 0.3) is 0 Å². The summed E-state index contributed by atoms with van der Waals surface area (Å²) in [6.45, 7) is 0. The molecule has 12 heavy (non-hydrogen) atoms. The Morgan fingerprint density at radius 1 is 0.667 bits per heavy atom. The third-order valence-corrected chi connectivity index (χ3v) is 0. The Hall–Kier alpha value is 1.41. The van der Waals surface area contributed by atoms with E-state index in [-0.39, 0.29) is 37.8 Å². The molecule has 0 N–H and O–H groups in total. The first-order valence-corrected chi connectivity index (χ1v) is 4.38. The Morgan fingerprint density at radius 2 is 0.667 bits per heavy atom. The summed E-state index contributed by atoms with van der Waals surface area (Å²) in [5.41, 5.74) is 0.